The number of thioether (sulfide) groups is 1. The molecule has 0 aromatic heterocycles. The molecule has 13 rings (SSSR count). The highest BCUT2D eigenvalue weighted by Crippen LogP contribution is 2.56. The van der Waals surface area contributed by atoms with Gasteiger partial charge in [0.1, 0.15) is 0 Å². The average Bonchev–Trinajstić information content (AvgIpc) is 3.72. The van der Waals surface area contributed by atoms with Crippen molar-refractivity contribution >= 4 is 63.1 Å². The molecule has 0 saturated heterocycles. The zero-order valence-electron chi connectivity index (χ0n) is 37.8. The summed E-state index contributed by atoms with van der Waals surface area (Å²) in [5.41, 5.74) is 19.7. The second kappa shape index (κ2) is 15.1. The van der Waals surface area contributed by atoms with Crippen LogP contribution in [0.5, 0.6) is 0 Å². The summed E-state index contributed by atoms with van der Waals surface area (Å²) in [5.74, 6) is 8.00. The lowest BCUT2D eigenvalue weighted by molar-refractivity contribution is 0.644. The van der Waals surface area contributed by atoms with Gasteiger partial charge in [0.15, 0.2) is 0 Å². The number of fused-ring (bicyclic) bond motifs is 10. The Morgan fingerprint density at radius 2 is 1.06 bits per heavy atom. The topological polar surface area (TPSA) is 6.48 Å². The molecule has 5 aliphatic carbocycles. The summed E-state index contributed by atoms with van der Waals surface area (Å²) >= 11 is 3.83. The molecule has 0 spiro atoms. The third-order valence-corrected chi connectivity index (χ3v) is 17.6. The van der Waals surface area contributed by atoms with E-state index >= 15 is 0 Å². The first kappa shape index (κ1) is 39.9. The van der Waals surface area contributed by atoms with Crippen LogP contribution in [0.25, 0.3) is 22.3 Å². The molecule has 66 heavy (non-hydrogen) atoms. The van der Waals surface area contributed by atoms with Gasteiger partial charge in [-0.25, -0.2) is 0 Å². The fraction of sp³-hybridized carbons (Fsp3) is 0.194. The predicted octanol–water partition coefficient (Wildman–Crippen LogP) is 16.3. The van der Waals surface area contributed by atoms with Crippen molar-refractivity contribution in [3.63, 3.8) is 0 Å². The van der Waals surface area contributed by atoms with Crippen molar-refractivity contribution in [3.8, 4) is 23.0 Å². The van der Waals surface area contributed by atoms with Gasteiger partial charge in [-0.15, -0.1) is 11.8 Å². The van der Waals surface area contributed by atoms with Crippen molar-refractivity contribution < 1.29 is 0 Å². The Morgan fingerprint density at radius 3 is 1.71 bits per heavy atom. The Kier molecular flexibility index (Phi) is 9.12. The van der Waals surface area contributed by atoms with Gasteiger partial charge in [-0.05, 0) is 135 Å². The summed E-state index contributed by atoms with van der Waals surface area (Å²) in [6.07, 6.45) is 21.0. The van der Waals surface area contributed by atoms with E-state index in [9.17, 15) is 0 Å². The van der Waals surface area contributed by atoms with Crippen molar-refractivity contribution in [3.05, 3.63) is 215 Å². The van der Waals surface area contributed by atoms with Crippen LogP contribution in [-0.4, -0.2) is 11.3 Å². The number of hydrogen-bond acceptors (Lipinski definition) is 4. The monoisotopic (exact) mass is 886 g/mol. The molecule has 7 aliphatic rings. The number of nitrogens with zero attached hydrogens (tertiary/aromatic N) is 2. The summed E-state index contributed by atoms with van der Waals surface area (Å²) < 4.78 is 0. The maximum atomic E-state index is 3.80. The quantitative estimate of drug-likeness (QED) is 0.163. The maximum Gasteiger partial charge on any atom is 0.0683 e. The lowest BCUT2D eigenvalue weighted by atomic mass is 9.77. The van der Waals surface area contributed by atoms with E-state index in [1.807, 2.05) is 23.5 Å². The van der Waals surface area contributed by atoms with E-state index in [-0.39, 0.29) is 28.7 Å². The molecule has 0 N–H and O–H groups in total. The molecule has 2 nitrogen and oxygen atoms in total. The molecule has 0 saturated carbocycles. The Hall–Kier alpha value is -6.38. The first-order valence-corrected chi connectivity index (χ1v) is 25.2. The van der Waals surface area contributed by atoms with Gasteiger partial charge in [0.2, 0.25) is 0 Å². The number of anilines is 5. The molecule has 0 radical (unpaired) electrons. The second-order valence-electron chi connectivity index (χ2n) is 19.7. The van der Waals surface area contributed by atoms with Crippen molar-refractivity contribution in [2.45, 2.75) is 77.3 Å². The van der Waals surface area contributed by atoms with Gasteiger partial charge in [0.25, 0.3) is 0 Å². The van der Waals surface area contributed by atoms with Crippen LogP contribution in [-0.2, 0) is 10.8 Å². The van der Waals surface area contributed by atoms with Crippen LogP contribution in [0.3, 0.4) is 0 Å². The van der Waals surface area contributed by atoms with Crippen LogP contribution in [0.1, 0.15) is 62.8 Å². The van der Waals surface area contributed by atoms with Crippen LogP contribution in [0.15, 0.2) is 208 Å². The van der Waals surface area contributed by atoms with Crippen molar-refractivity contribution in [2.24, 2.45) is 11.8 Å². The molecule has 2 aliphatic heterocycles. The molecule has 0 fully saturated rings. The van der Waals surface area contributed by atoms with Crippen molar-refractivity contribution in [1.29, 1.82) is 0 Å². The smallest absolute Gasteiger partial charge is 0.0683 e. The standard InChI is InChI=1S/C62H50N2S2/c1-61(2)49-35-39(23-31-45(49)47-33-27-42(37-51(47)61)41-25-28-43(29-26-41)63-53-13-5-9-17-57(53)65-58-18-10-6-14-54(58)63)21-22-40-24-32-46-48-34-30-44(38-52(48)62(3,4)50(46)36-40)64-55-15-7-11-19-59(55)66-60-20-12-8-16-56(60)64/h5-20,25-40,55,59H,23-24H2,1-4H3. The number of benzene rings is 6. The van der Waals surface area contributed by atoms with E-state index in [1.165, 1.54) is 98.8 Å². The minimum Gasteiger partial charge on any atom is -0.332 e. The van der Waals surface area contributed by atoms with E-state index in [0.29, 0.717) is 5.25 Å². The summed E-state index contributed by atoms with van der Waals surface area (Å²) in [5, 5.41) is 0.390. The molecule has 320 valence electrons. The highest BCUT2D eigenvalue weighted by Gasteiger charge is 2.42. The van der Waals surface area contributed by atoms with Crippen LogP contribution in [0.4, 0.5) is 28.4 Å². The Morgan fingerprint density at radius 1 is 0.530 bits per heavy atom. The number of hydrogen-bond donors (Lipinski definition) is 0. The maximum absolute atomic E-state index is 3.80. The lowest BCUT2D eigenvalue weighted by Crippen LogP contribution is -2.41. The minimum absolute atomic E-state index is 0.112. The third-order valence-electron chi connectivity index (χ3n) is 15.1. The first-order chi connectivity index (χ1) is 32.2. The zero-order valence-corrected chi connectivity index (χ0v) is 39.4. The van der Waals surface area contributed by atoms with E-state index < -0.39 is 0 Å². The van der Waals surface area contributed by atoms with Gasteiger partial charge in [0.05, 0.1) is 28.4 Å². The van der Waals surface area contributed by atoms with E-state index in [0.717, 1.165) is 12.8 Å². The molecule has 6 aromatic carbocycles. The van der Waals surface area contributed by atoms with Gasteiger partial charge < -0.3 is 9.80 Å². The Balaban J connectivity index is 0.746. The van der Waals surface area contributed by atoms with Crippen LogP contribution in [0, 0.1) is 23.7 Å². The molecular weight excluding hydrogens is 837 g/mol. The average molecular weight is 887 g/mol. The highest BCUT2D eigenvalue weighted by molar-refractivity contribution is 8.00. The summed E-state index contributed by atoms with van der Waals surface area (Å²) in [4.78, 5) is 8.88. The minimum atomic E-state index is -0.112. The van der Waals surface area contributed by atoms with Gasteiger partial charge in [-0.2, -0.15) is 0 Å². The summed E-state index contributed by atoms with van der Waals surface area (Å²) in [7, 11) is 0. The predicted molar refractivity (Wildman–Crippen MR) is 280 cm³/mol. The Labute approximate surface area is 398 Å². The van der Waals surface area contributed by atoms with Gasteiger partial charge in [0, 0.05) is 48.7 Å². The first-order valence-electron chi connectivity index (χ1n) is 23.5. The largest absolute Gasteiger partial charge is 0.332 e. The fourth-order valence-electron chi connectivity index (χ4n) is 11.7. The van der Waals surface area contributed by atoms with Crippen LogP contribution >= 0.6 is 23.5 Å². The number of para-hydroxylation sites is 3. The van der Waals surface area contributed by atoms with Gasteiger partial charge >= 0.3 is 0 Å². The van der Waals surface area contributed by atoms with Crippen molar-refractivity contribution in [1.82, 2.24) is 0 Å². The van der Waals surface area contributed by atoms with Gasteiger partial charge in [-0.3, -0.25) is 0 Å². The van der Waals surface area contributed by atoms with Gasteiger partial charge in [-0.1, -0.05) is 167 Å². The van der Waals surface area contributed by atoms with E-state index in [2.05, 4.69) is 231 Å². The number of allylic oxidation sites excluding steroid dienone is 10. The summed E-state index contributed by atoms with van der Waals surface area (Å²) in [6, 6.07) is 50.1. The second-order valence-corrected chi connectivity index (χ2v) is 22.0. The molecule has 4 atom stereocenters. The lowest BCUT2D eigenvalue weighted by Gasteiger charge is -2.42. The molecule has 2 heterocycles. The Bertz CT molecular complexity index is 3260. The molecule has 6 aromatic rings. The number of rotatable bonds is 3. The molecule has 0 amide bonds. The summed E-state index contributed by atoms with van der Waals surface area (Å²) in [6.45, 7) is 9.63. The van der Waals surface area contributed by atoms with Crippen LogP contribution < -0.4 is 9.80 Å². The molecular formula is C62H50N2S2. The van der Waals surface area contributed by atoms with E-state index in [1.54, 1.807) is 0 Å². The highest BCUT2D eigenvalue weighted by atomic mass is 32.2. The fourth-order valence-corrected chi connectivity index (χ4v) is 14.0. The molecule has 0 bridgehead atoms. The molecule has 4 heteroatoms. The normalized spacial score (nSPS) is 22.9. The molecule has 4 unspecified atom stereocenters. The van der Waals surface area contributed by atoms with Crippen molar-refractivity contribution in [2.75, 3.05) is 9.80 Å². The zero-order chi connectivity index (χ0) is 44.3. The SMILES string of the molecule is CC1(C)C2=CC(C#CC3C=C4C(=CC3)c3ccc(N5c6ccccc6SC6C=CC=CC65)cc3C4(C)C)CC=C2c2ccc(-c3ccc(N4c5ccccc5Sc5ccccc54)cc3)cc21. The van der Waals surface area contributed by atoms with E-state index in [4.69, 9.17) is 0 Å². The van der Waals surface area contributed by atoms with Crippen LogP contribution in [0.2, 0.25) is 0 Å². The third kappa shape index (κ3) is 6.20.